The summed E-state index contributed by atoms with van der Waals surface area (Å²) in [7, 11) is -4.99. The summed E-state index contributed by atoms with van der Waals surface area (Å²) in [6.45, 7) is 38.9. The number of rotatable bonds is 13. The summed E-state index contributed by atoms with van der Waals surface area (Å²) in [6, 6.07) is 29.3. The van der Waals surface area contributed by atoms with Crippen LogP contribution in [0.25, 0.3) is 0 Å². The zero-order valence-electron chi connectivity index (χ0n) is 32.8. The topological polar surface area (TPSA) is 12.0 Å². The molecule has 47 heavy (non-hydrogen) atoms. The standard InChI is InChI=1S/C41H68NPSSi3/c1-39(2,3)45(10,11)36-22-16-33(17-23-36)32-44-31-29-42-28-30-43(34-18-24-37(25-19-34)46(12,13)40(4,5)6)35-20-26-38(27-21-35)47(14,15)41(7,8)9/h16-27,42H,28-32H2,1-15H3. The molecule has 0 heterocycles. The smallest absolute Gasteiger partial charge is 0.0859 e. The lowest BCUT2D eigenvalue weighted by Crippen LogP contribution is -2.49. The van der Waals surface area contributed by atoms with E-state index in [1.165, 1.54) is 22.3 Å². The number of thioether (sulfide) groups is 1. The van der Waals surface area contributed by atoms with Gasteiger partial charge in [0.1, 0.15) is 0 Å². The van der Waals surface area contributed by atoms with Gasteiger partial charge in [-0.1, -0.05) is 190 Å². The summed E-state index contributed by atoms with van der Waals surface area (Å²) in [4.78, 5) is 0. The first-order valence-electron chi connectivity index (χ1n) is 17.9. The Kier molecular flexibility index (Phi) is 13.4. The first-order chi connectivity index (χ1) is 21.5. The Balaban J connectivity index is 1.65. The fourth-order valence-electron chi connectivity index (χ4n) is 5.49. The van der Waals surface area contributed by atoms with Crippen molar-refractivity contribution in [1.29, 1.82) is 0 Å². The summed E-state index contributed by atoms with van der Waals surface area (Å²) in [6.07, 6.45) is 1.17. The molecule has 3 aromatic rings. The SMILES string of the molecule is CC(C)(C)[Si](C)(C)c1ccc(CSCCNCCP(c2ccc([Si](C)(C)C(C)(C)C)cc2)c2ccc([Si](C)(C)C(C)(C)C)cc2)cc1. The van der Waals surface area contributed by atoms with Crippen molar-refractivity contribution >= 4 is 70.1 Å². The molecule has 0 spiro atoms. The minimum absolute atomic E-state index is 0.342. The van der Waals surface area contributed by atoms with E-state index in [9.17, 15) is 0 Å². The van der Waals surface area contributed by atoms with Gasteiger partial charge in [-0.2, -0.15) is 11.8 Å². The van der Waals surface area contributed by atoms with Gasteiger partial charge in [-0.25, -0.2) is 0 Å². The molecule has 0 saturated carbocycles. The predicted molar refractivity (Wildman–Crippen MR) is 230 cm³/mol. The maximum absolute atomic E-state index is 3.81. The van der Waals surface area contributed by atoms with Crippen molar-refractivity contribution in [3.63, 3.8) is 0 Å². The van der Waals surface area contributed by atoms with Crippen LogP contribution in [0.2, 0.25) is 54.4 Å². The second-order valence-corrected chi connectivity index (χ2v) is 37.8. The molecule has 0 radical (unpaired) electrons. The molecule has 0 atom stereocenters. The van der Waals surface area contributed by atoms with Gasteiger partial charge in [0.2, 0.25) is 0 Å². The molecule has 6 heteroatoms. The summed E-state index contributed by atoms with van der Waals surface area (Å²) in [5.74, 6) is 2.23. The average Bonchev–Trinajstić information content (AvgIpc) is 2.97. The van der Waals surface area contributed by atoms with E-state index < -0.39 is 32.1 Å². The molecule has 3 aromatic carbocycles. The highest BCUT2D eigenvalue weighted by atomic mass is 32.2. The third kappa shape index (κ3) is 9.85. The highest BCUT2D eigenvalue weighted by Crippen LogP contribution is 2.38. The highest BCUT2D eigenvalue weighted by Gasteiger charge is 2.38. The van der Waals surface area contributed by atoms with Crippen molar-refractivity contribution in [2.24, 2.45) is 0 Å². The fraction of sp³-hybridized carbons (Fsp3) is 0.561. The molecule has 0 aliphatic rings. The number of hydrogen-bond acceptors (Lipinski definition) is 2. The van der Waals surface area contributed by atoms with Crippen molar-refractivity contribution in [2.75, 3.05) is 25.0 Å². The van der Waals surface area contributed by atoms with E-state index in [1.54, 1.807) is 15.6 Å². The molecule has 0 aliphatic carbocycles. The van der Waals surface area contributed by atoms with Crippen LogP contribution in [0, 0.1) is 0 Å². The van der Waals surface area contributed by atoms with Crippen molar-refractivity contribution < 1.29 is 0 Å². The molecule has 1 N–H and O–H groups in total. The van der Waals surface area contributed by atoms with Crippen LogP contribution >= 0.6 is 19.7 Å². The van der Waals surface area contributed by atoms with E-state index in [0.29, 0.717) is 15.1 Å². The summed E-state index contributed by atoms with van der Waals surface area (Å²) in [5.41, 5.74) is 1.45. The molecule has 0 saturated heterocycles. The van der Waals surface area contributed by atoms with Gasteiger partial charge in [0, 0.05) is 18.1 Å². The molecule has 0 aliphatic heterocycles. The Hall–Kier alpha value is -0.949. The number of hydrogen-bond donors (Lipinski definition) is 1. The van der Waals surface area contributed by atoms with Crippen LogP contribution in [-0.4, -0.2) is 49.2 Å². The molecular formula is C41H68NPSSi3. The van der Waals surface area contributed by atoms with Gasteiger partial charge in [0.05, 0.1) is 24.2 Å². The van der Waals surface area contributed by atoms with E-state index in [1.807, 2.05) is 0 Å². The van der Waals surface area contributed by atoms with Gasteiger partial charge in [0.15, 0.2) is 0 Å². The zero-order chi connectivity index (χ0) is 35.5. The Labute approximate surface area is 299 Å². The molecule has 0 amide bonds. The van der Waals surface area contributed by atoms with Crippen molar-refractivity contribution in [3.8, 4) is 0 Å². The first-order valence-corrected chi connectivity index (χ1v) is 29.5. The molecule has 0 bridgehead atoms. The summed E-state index contributed by atoms with van der Waals surface area (Å²) < 4.78 is 0. The summed E-state index contributed by atoms with van der Waals surface area (Å²) in [5, 5.41) is 12.6. The highest BCUT2D eigenvalue weighted by molar-refractivity contribution is 7.98. The van der Waals surface area contributed by atoms with Gasteiger partial charge in [0.25, 0.3) is 0 Å². The number of benzene rings is 3. The van der Waals surface area contributed by atoms with Crippen LogP contribution in [-0.2, 0) is 5.75 Å². The molecule has 0 aromatic heterocycles. The Morgan fingerprint density at radius 3 is 1.19 bits per heavy atom. The maximum atomic E-state index is 3.81. The van der Waals surface area contributed by atoms with Crippen LogP contribution in [0.4, 0.5) is 0 Å². The second-order valence-electron chi connectivity index (χ2n) is 18.4. The largest absolute Gasteiger partial charge is 0.316 e. The maximum Gasteiger partial charge on any atom is 0.0859 e. The minimum Gasteiger partial charge on any atom is -0.316 e. The quantitative estimate of drug-likeness (QED) is 0.107. The second kappa shape index (κ2) is 15.5. The molecule has 3 rings (SSSR count). The zero-order valence-corrected chi connectivity index (χ0v) is 37.5. The lowest BCUT2D eigenvalue weighted by molar-refractivity contribution is 0.729. The van der Waals surface area contributed by atoms with Crippen LogP contribution in [0.5, 0.6) is 0 Å². The van der Waals surface area contributed by atoms with Gasteiger partial charge in [-0.05, 0) is 51.9 Å². The molecule has 1 nitrogen and oxygen atoms in total. The van der Waals surface area contributed by atoms with Crippen LogP contribution in [0.3, 0.4) is 0 Å². The van der Waals surface area contributed by atoms with Crippen LogP contribution < -0.4 is 31.5 Å². The van der Waals surface area contributed by atoms with E-state index in [0.717, 1.165) is 24.6 Å². The molecular weight excluding hydrogens is 654 g/mol. The van der Waals surface area contributed by atoms with Gasteiger partial charge < -0.3 is 5.32 Å². The third-order valence-electron chi connectivity index (χ3n) is 12.3. The van der Waals surface area contributed by atoms with Crippen molar-refractivity contribution in [3.05, 3.63) is 78.4 Å². The van der Waals surface area contributed by atoms with Gasteiger partial charge >= 0.3 is 0 Å². The Bertz CT molecular complexity index is 1340. The monoisotopic (exact) mass is 721 g/mol. The van der Waals surface area contributed by atoms with E-state index in [-0.39, 0.29) is 0 Å². The van der Waals surface area contributed by atoms with Crippen LogP contribution in [0.1, 0.15) is 67.9 Å². The van der Waals surface area contributed by atoms with Gasteiger partial charge in [-0.3, -0.25) is 0 Å². The first kappa shape index (κ1) is 40.5. The van der Waals surface area contributed by atoms with E-state index >= 15 is 0 Å². The third-order valence-corrected chi connectivity index (χ3v) is 32.4. The predicted octanol–water partition coefficient (Wildman–Crippen LogP) is 9.79. The van der Waals surface area contributed by atoms with Gasteiger partial charge in [-0.15, -0.1) is 0 Å². The van der Waals surface area contributed by atoms with Crippen molar-refractivity contribution in [1.82, 2.24) is 5.32 Å². The molecule has 0 unspecified atom stereocenters. The average molecular weight is 722 g/mol. The molecule has 260 valence electrons. The Morgan fingerprint density at radius 2 is 0.851 bits per heavy atom. The lowest BCUT2D eigenvalue weighted by atomic mass is 10.2. The van der Waals surface area contributed by atoms with E-state index in [2.05, 4.69) is 191 Å². The normalized spacial score (nSPS) is 13.8. The molecule has 0 fully saturated rings. The Morgan fingerprint density at radius 1 is 0.511 bits per heavy atom. The fourth-order valence-corrected chi connectivity index (χ4v) is 14.2. The lowest BCUT2D eigenvalue weighted by Gasteiger charge is -2.38. The number of nitrogens with one attached hydrogen (secondary N) is 1. The van der Waals surface area contributed by atoms with Crippen molar-refractivity contribution in [2.45, 2.75) is 122 Å². The minimum atomic E-state index is -1.55. The summed E-state index contributed by atoms with van der Waals surface area (Å²) >= 11 is 2.05. The van der Waals surface area contributed by atoms with Crippen LogP contribution in [0.15, 0.2) is 72.8 Å². The van der Waals surface area contributed by atoms with E-state index in [4.69, 9.17) is 0 Å².